The Balaban J connectivity index is 0.00000162. The zero-order valence-corrected chi connectivity index (χ0v) is 10.5. The first-order valence-corrected chi connectivity index (χ1v) is 5.17. The maximum absolute atomic E-state index is 13.5. The molecule has 0 spiro atoms. The first kappa shape index (κ1) is 14.5. The second-order valence-corrected chi connectivity index (χ2v) is 3.65. The molecule has 1 heterocycles. The van der Waals surface area contributed by atoms with Crippen LogP contribution < -0.4 is 5.32 Å². The Hall–Kier alpha value is -1.53. The smallest absolute Gasteiger partial charge is 0.141 e. The number of aromatic amines is 1. The summed E-state index contributed by atoms with van der Waals surface area (Å²) in [6.45, 7) is 0. The predicted octanol–water partition coefficient (Wildman–Crippen LogP) is 2.01. The maximum Gasteiger partial charge on any atom is 0.141 e. The third-order valence-electron chi connectivity index (χ3n) is 2.55. The van der Waals surface area contributed by atoms with Crippen LogP contribution in [0.1, 0.15) is 17.4 Å². The van der Waals surface area contributed by atoms with Crippen LogP contribution in [0.25, 0.3) is 0 Å². The van der Waals surface area contributed by atoms with E-state index in [-0.39, 0.29) is 18.4 Å². The molecule has 1 atom stereocenters. The Morgan fingerprint density at radius 3 is 2.72 bits per heavy atom. The lowest BCUT2D eigenvalue weighted by Gasteiger charge is -2.13. The summed E-state index contributed by atoms with van der Waals surface area (Å²) < 4.78 is 26.2. The molecule has 0 aliphatic heterocycles. The van der Waals surface area contributed by atoms with Gasteiger partial charge in [-0.15, -0.1) is 12.4 Å². The molecule has 0 fully saturated rings. The highest BCUT2D eigenvalue weighted by atomic mass is 35.5. The van der Waals surface area contributed by atoms with Gasteiger partial charge in [0.05, 0.1) is 6.04 Å². The largest absolute Gasteiger partial charge is 0.310 e. The van der Waals surface area contributed by atoms with Crippen molar-refractivity contribution in [3.63, 3.8) is 0 Å². The van der Waals surface area contributed by atoms with E-state index in [2.05, 4.69) is 20.5 Å². The van der Waals surface area contributed by atoms with Crippen molar-refractivity contribution < 1.29 is 8.78 Å². The fraction of sp³-hybridized carbons (Fsp3) is 0.273. The molecular weight excluding hydrogens is 262 g/mol. The van der Waals surface area contributed by atoms with Crippen LogP contribution in [0, 0.1) is 11.6 Å². The minimum absolute atomic E-state index is 0. The Labute approximate surface area is 109 Å². The van der Waals surface area contributed by atoms with Gasteiger partial charge < -0.3 is 5.32 Å². The first-order chi connectivity index (χ1) is 8.20. The molecule has 0 saturated heterocycles. The van der Waals surface area contributed by atoms with Crippen molar-refractivity contribution in [3.8, 4) is 0 Å². The number of hydrogen-bond donors (Lipinski definition) is 2. The quantitative estimate of drug-likeness (QED) is 0.897. The van der Waals surface area contributed by atoms with E-state index in [1.807, 2.05) is 0 Å². The average Bonchev–Trinajstić information content (AvgIpc) is 2.81. The average molecular weight is 275 g/mol. The van der Waals surface area contributed by atoms with Crippen molar-refractivity contribution in [1.29, 1.82) is 0 Å². The van der Waals surface area contributed by atoms with Gasteiger partial charge in [-0.1, -0.05) is 6.07 Å². The van der Waals surface area contributed by atoms with Crippen LogP contribution in [-0.4, -0.2) is 22.2 Å². The van der Waals surface area contributed by atoms with E-state index in [1.165, 1.54) is 18.5 Å². The van der Waals surface area contributed by atoms with Crippen molar-refractivity contribution in [2.45, 2.75) is 12.5 Å². The lowest BCUT2D eigenvalue weighted by Crippen LogP contribution is -2.20. The van der Waals surface area contributed by atoms with Crippen LogP contribution in [0.4, 0.5) is 8.78 Å². The van der Waals surface area contributed by atoms with Gasteiger partial charge in [0.15, 0.2) is 0 Å². The van der Waals surface area contributed by atoms with Gasteiger partial charge in [-0.05, 0) is 25.1 Å². The summed E-state index contributed by atoms with van der Waals surface area (Å²) in [5, 5.41) is 9.46. The lowest BCUT2D eigenvalue weighted by molar-refractivity contribution is 0.526. The second-order valence-electron chi connectivity index (χ2n) is 3.65. The molecule has 4 nitrogen and oxygen atoms in total. The fourth-order valence-electron chi connectivity index (χ4n) is 1.63. The molecule has 0 aliphatic carbocycles. The molecule has 98 valence electrons. The SMILES string of the molecule is CNC(Cc1ccc(F)cc1F)c1ncn[nH]1.Cl. The predicted molar refractivity (Wildman–Crippen MR) is 65.5 cm³/mol. The number of aromatic nitrogens is 3. The number of halogens is 3. The third kappa shape index (κ3) is 3.24. The molecule has 1 aromatic heterocycles. The Morgan fingerprint density at radius 1 is 1.39 bits per heavy atom. The fourth-order valence-corrected chi connectivity index (χ4v) is 1.63. The van der Waals surface area contributed by atoms with Crippen LogP contribution in [0.5, 0.6) is 0 Å². The Bertz CT molecular complexity index is 490. The van der Waals surface area contributed by atoms with Crippen LogP contribution in [0.15, 0.2) is 24.5 Å². The summed E-state index contributed by atoms with van der Waals surface area (Å²) in [5.74, 6) is -0.507. The van der Waals surface area contributed by atoms with Gasteiger partial charge in [-0.3, -0.25) is 5.10 Å². The molecule has 1 aromatic carbocycles. The molecule has 2 N–H and O–H groups in total. The van der Waals surface area contributed by atoms with Crippen molar-refractivity contribution in [3.05, 3.63) is 47.5 Å². The Morgan fingerprint density at radius 2 is 2.17 bits per heavy atom. The second kappa shape index (κ2) is 6.42. The molecule has 0 bridgehead atoms. The highest BCUT2D eigenvalue weighted by molar-refractivity contribution is 5.85. The number of rotatable bonds is 4. The van der Waals surface area contributed by atoms with Crippen LogP contribution in [0.2, 0.25) is 0 Å². The molecule has 1 unspecified atom stereocenters. The van der Waals surface area contributed by atoms with Crippen LogP contribution >= 0.6 is 12.4 Å². The van der Waals surface area contributed by atoms with E-state index in [0.717, 1.165) is 6.07 Å². The van der Waals surface area contributed by atoms with Crippen LogP contribution in [0.3, 0.4) is 0 Å². The van der Waals surface area contributed by atoms with E-state index in [4.69, 9.17) is 0 Å². The summed E-state index contributed by atoms with van der Waals surface area (Å²) in [7, 11) is 1.74. The molecule has 7 heteroatoms. The zero-order valence-electron chi connectivity index (χ0n) is 9.65. The van der Waals surface area contributed by atoms with Gasteiger partial charge in [0.1, 0.15) is 23.8 Å². The molecule has 2 aromatic rings. The lowest BCUT2D eigenvalue weighted by atomic mass is 10.0. The number of likely N-dealkylation sites (N-methyl/N-ethyl adjacent to an activating group) is 1. The van der Waals surface area contributed by atoms with E-state index in [0.29, 0.717) is 17.8 Å². The number of nitrogens with zero attached hydrogens (tertiary/aromatic N) is 2. The summed E-state index contributed by atoms with van der Waals surface area (Å²) in [5.41, 5.74) is 0.433. The highest BCUT2D eigenvalue weighted by Crippen LogP contribution is 2.17. The molecular formula is C11H13ClF2N4. The van der Waals surface area contributed by atoms with Crippen LogP contribution in [-0.2, 0) is 6.42 Å². The summed E-state index contributed by atoms with van der Waals surface area (Å²) in [6, 6.07) is 3.37. The molecule has 0 amide bonds. The van der Waals surface area contributed by atoms with Gasteiger partial charge in [0, 0.05) is 6.07 Å². The third-order valence-corrected chi connectivity index (χ3v) is 2.55. The van der Waals surface area contributed by atoms with Crippen molar-refractivity contribution >= 4 is 12.4 Å². The number of H-pyrrole nitrogens is 1. The van der Waals surface area contributed by atoms with E-state index < -0.39 is 11.6 Å². The summed E-state index contributed by atoms with van der Waals surface area (Å²) in [4.78, 5) is 4.01. The number of hydrogen-bond acceptors (Lipinski definition) is 3. The first-order valence-electron chi connectivity index (χ1n) is 5.17. The molecule has 0 radical (unpaired) electrons. The normalized spacial score (nSPS) is 11.9. The van der Waals surface area contributed by atoms with Crippen molar-refractivity contribution in [2.24, 2.45) is 0 Å². The molecule has 0 aliphatic rings. The Kier molecular flexibility index (Phi) is 5.18. The number of benzene rings is 1. The summed E-state index contributed by atoms with van der Waals surface area (Å²) >= 11 is 0. The van der Waals surface area contributed by atoms with Crippen molar-refractivity contribution in [1.82, 2.24) is 20.5 Å². The minimum atomic E-state index is -0.577. The maximum atomic E-state index is 13.5. The summed E-state index contributed by atoms with van der Waals surface area (Å²) in [6.07, 6.45) is 1.76. The molecule has 0 saturated carbocycles. The van der Waals surface area contributed by atoms with E-state index in [9.17, 15) is 8.78 Å². The monoisotopic (exact) mass is 274 g/mol. The topological polar surface area (TPSA) is 53.6 Å². The zero-order chi connectivity index (χ0) is 12.3. The number of nitrogens with one attached hydrogen (secondary N) is 2. The molecule has 18 heavy (non-hydrogen) atoms. The minimum Gasteiger partial charge on any atom is -0.310 e. The van der Waals surface area contributed by atoms with Gasteiger partial charge in [-0.2, -0.15) is 5.10 Å². The standard InChI is InChI=1S/C11H12F2N4.ClH/c1-14-10(11-15-6-16-17-11)4-7-2-3-8(12)5-9(7)13;/h2-3,5-6,10,14H,4H2,1H3,(H,15,16,17);1H. The van der Waals surface area contributed by atoms with Gasteiger partial charge in [0.25, 0.3) is 0 Å². The van der Waals surface area contributed by atoms with Gasteiger partial charge in [-0.25, -0.2) is 13.8 Å². The van der Waals surface area contributed by atoms with Crippen molar-refractivity contribution in [2.75, 3.05) is 7.05 Å². The van der Waals surface area contributed by atoms with E-state index in [1.54, 1.807) is 7.05 Å². The van der Waals surface area contributed by atoms with Gasteiger partial charge >= 0.3 is 0 Å². The van der Waals surface area contributed by atoms with Gasteiger partial charge in [0.2, 0.25) is 0 Å². The molecule has 2 rings (SSSR count). The van der Waals surface area contributed by atoms with E-state index >= 15 is 0 Å². The highest BCUT2D eigenvalue weighted by Gasteiger charge is 2.15.